The Balaban J connectivity index is 1.50. The van der Waals surface area contributed by atoms with Gasteiger partial charge in [0.1, 0.15) is 17.2 Å². The van der Waals surface area contributed by atoms with Crippen LogP contribution in [-0.4, -0.2) is 93.2 Å². The van der Waals surface area contributed by atoms with Crippen molar-refractivity contribution in [1.82, 2.24) is 14.7 Å². The van der Waals surface area contributed by atoms with Crippen LogP contribution >= 0.6 is 0 Å². The molecule has 2 saturated heterocycles. The molecule has 2 fully saturated rings. The van der Waals surface area contributed by atoms with E-state index in [0.717, 1.165) is 54.1 Å². The zero-order valence-electron chi connectivity index (χ0n) is 25.8. The molecule has 0 saturated carbocycles. The summed E-state index contributed by atoms with van der Waals surface area (Å²) in [5, 5.41) is 10.8. The summed E-state index contributed by atoms with van der Waals surface area (Å²) in [5.74, 6) is 2.60. The second-order valence-corrected chi connectivity index (χ2v) is 11.8. The topological polar surface area (TPSA) is 93.2 Å². The Hall–Kier alpha value is -3.63. The molecule has 10 nitrogen and oxygen atoms in total. The van der Waals surface area contributed by atoms with Crippen LogP contribution < -0.4 is 18.9 Å². The van der Waals surface area contributed by atoms with Crippen molar-refractivity contribution in [1.29, 1.82) is 0 Å². The molecule has 228 valence electrons. The number of allylic oxidation sites excluding steroid dienone is 1. The minimum atomic E-state index is -0.475. The first-order valence-corrected chi connectivity index (χ1v) is 14.4. The number of urea groups is 1. The van der Waals surface area contributed by atoms with Crippen molar-refractivity contribution in [2.75, 3.05) is 61.8 Å². The quantitative estimate of drug-likeness (QED) is 0.462. The van der Waals surface area contributed by atoms with Gasteiger partial charge in [-0.25, -0.2) is 4.79 Å². The first-order valence-electron chi connectivity index (χ1n) is 14.4. The Morgan fingerprint density at radius 2 is 1.52 bits per heavy atom. The predicted molar refractivity (Wildman–Crippen MR) is 159 cm³/mol. The van der Waals surface area contributed by atoms with Gasteiger partial charge in [-0.15, -0.1) is 0 Å². The Morgan fingerprint density at radius 1 is 0.881 bits per heavy atom. The monoisotopic (exact) mass is 581 g/mol. The van der Waals surface area contributed by atoms with E-state index in [0.29, 0.717) is 43.5 Å². The molecule has 2 amide bonds. The van der Waals surface area contributed by atoms with Crippen LogP contribution in [0.25, 0.3) is 0 Å². The standard InChI is InChI=1S/C32H43N3O7/c1-31(2)18-27-32(8-10-33(11-9-32)19-22-15-24(40-5)17-26(42-7)29(22)36)35(12-13-38-3)30(37)34(27)20-21-14-23(39-4)16-25(41-6)28(21)31/h14-18,36H,8-13,19-20H2,1-7H3. The maximum Gasteiger partial charge on any atom is 0.325 e. The molecule has 2 aromatic carbocycles. The number of aromatic hydroxyl groups is 1. The van der Waals surface area contributed by atoms with Crippen LogP contribution in [0, 0.1) is 0 Å². The van der Waals surface area contributed by atoms with Gasteiger partial charge in [0.25, 0.3) is 0 Å². The van der Waals surface area contributed by atoms with Crippen LogP contribution in [0.3, 0.4) is 0 Å². The average Bonchev–Trinajstić information content (AvgIpc) is 3.09. The number of carbonyl (C=O) groups excluding carboxylic acids is 1. The van der Waals surface area contributed by atoms with E-state index in [1.807, 2.05) is 28.0 Å². The van der Waals surface area contributed by atoms with Gasteiger partial charge in [-0.2, -0.15) is 0 Å². The molecule has 0 aliphatic carbocycles. The molecule has 5 rings (SSSR count). The molecule has 3 heterocycles. The normalized spacial score (nSPS) is 19.2. The maximum atomic E-state index is 14.2. The molecule has 0 bridgehead atoms. The number of piperidine rings is 1. The van der Waals surface area contributed by atoms with Gasteiger partial charge in [-0.05, 0) is 30.5 Å². The van der Waals surface area contributed by atoms with Crippen LogP contribution in [0.1, 0.15) is 43.4 Å². The van der Waals surface area contributed by atoms with Crippen molar-refractivity contribution in [2.45, 2.75) is 50.7 Å². The van der Waals surface area contributed by atoms with Crippen molar-refractivity contribution in [3.8, 4) is 28.7 Å². The molecular weight excluding hydrogens is 538 g/mol. The fourth-order valence-corrected chi connectivity index (χ4v) is 6.92. The number of methoxy groups -OCH3 is 5. The Labute approximate surface area is 248 Å². The summed E-state index contributed by atoms with van der Waals surface area (Å²) in [7, 11) is 8.12. The lowest BCUT2D eigenvalue weighted by atomic mass is 9.77. The molecule has 0 aromatic heterocycles. The number of phenols is 1. The van der Waals surface area contributed by atoms with Crippen molar-refractivity contribution in [2.24, 2.45) is 0 Å². The van der Waals surface area contributed by atoms with Gasteiger partial charge < -0.3 is 33.7 Å². The van der Waals surface area contributed by atoms with Crippen molar-refractivity contribution < 1.29 is 33.6 Å². The number of nitrogens with zero attached hydrogens (tertiary/aromatic N) is 3. The number of carbonyl (C=O) groups is 1. The SMILES string of the molecule is COCCN1C(=O)N2Cc3cc(OC)cc(OC)c3C(C)(C)C=C2C12CCN(Cc1cc(OC)cc(OC)c1O)CC2. The third kappa shape index (κ3) is 5.00. The zero-order valence-corrected chi connectivity index (χ0v) is 25.8. The number of amides is 2. The molecule has 42 heavy (non-hydrogen) atoms. The van der Waals surface area contributed by atoms with E-state index in [9.17, 15) is 9.90 Å². The van der Waals surface area contributed by atoms with Crippen LogP contribution in [0.5, 0.6) is 28.7 Å². The third-order valence-corrected chi connectivity index (χ3v) is 9.01. The molecule has 2 aromatic rings. The van der Waals surface area contributed by atoms with E-state index < -0.39 is 11.0 Å². The van der Waals surface area contributed by atoms with Gasteiger partial charge in [0.2, 0.25) is 0 Å². The molecule has 3 aliphatic heterocycles. The van der Waals surface area contributed by atoms with Crippen LogP contribution in [0.2, 0.25) is 0 Å². The van der Waals surface area contributed by atoms with E-state index in [1.54, 1.807) is 34.5 Å². The smallest absolute Gasteiger partial charge is 0.325 e. The second kappa shape index (κ2) is 11.6. The lowest BCUT2D eigenvalue weighted by Gasteiger charge is -2.45. The van der Waals surface area contributed by atoms with Gasteiger partial charge in [-0.3, -0.25) is 9.80 Å². The third-order valence-electron chi connectivity index (χ3n) is 9.01. The fourth-order valence-electron chi connectivity index (χ4n) is 6.92. The Kier molecular flexibility index (Phi) is 8.22. The largest absolute Gasteiger partial charge is 0.504 e. The number of fused-ring (bicyclic) bond motifs is 3. The van der Waals surface area contributed by atoms with Crippen LogP contribution in [0.15, 0.2) is 36.0 Å². The highest BCUT2D eigenvalue weighted by Crippen LogP contribution is 2.50. The number of benzene rings is 2. The highest BCUT2D eigenvalue weighted by Gasteiger charge is 2.56. The molecule has 0 atom stereocenters. The van der Waals surface area contributed by atoms with E-state index in [2.05, 4.69) is 24.8 Å². The first-order chi connectivity index (χ1) is 20.1. The van der Waals surface area contributed by atoms with Crippen molar-refractivity contribution >= 4 is 6.03 Å². The summed E-state index contributed by atoms with van der Waals surface area (Å²) >= 11 is 0. The van der Waals surface area contributed by atoms with E-state index in [-0.39, 0.29) is 11.8 Å². The van der Waals surface area contributed by atoms with E-state index >= 15 is 0 Å². The number of likely N-dealkylation sites (tertiary alicyclic amines) is 1. The van der Waals surface area contributed by atoms with Crippen molar-refractivity contribution in [3.05, 3.63) is 52.7 Å². The van der Waals surface area contributed by atoms with Crippen LogP contribution in [0.4, 0.5) is 4.79 Å². The summed E-state index contributed by atoms with van der Waals surface area (Å²) < 4.78 is 27.7. The van der Waals surface area contributed by atoms with Gasteiger partial charge in [0, 0.05) is 67.7 Å². The van der Waals surface area contributed by atoms with E-state index in [4.69, 9.17) is 23.7 Å². The Bertz CT molecular complexity index is 1360. The lowest BCUT2D eigenvalue weighted by Crippen LogP contribution is -2.54. The number of hydrogen-bond acceptors (Lipinski definition) is 8. The summed E-state index contributed by atoms with van der Waals surface area (Å²) in [4.78, 5) is 20.4. The fraction of sp³-hybridized carbons (Fsp3) is 0.531. The molecule has 3 aliphatic rings. The number of hydrogen-bond donors (Lipinski definition) is 1. The average molecular weight is 582 g/mol. The predicted octanol–water partition coefficient (Wildman–Crippen LogP) is 4.52. The lowest BCUT2D eigenvalue weighted by molar-refractivity contribution is 0.0665. The molecule has 1 N–H and O–H groups in total. The molecule has 0 unspecified atom stereocenters. The van der Waals surface area contributed by atoms with Crippen LogP contribution in [-0.2, 0) is 23.2 Å². The van der Waals surface area contributed by atoms with Gasteiger partial charge >= 0.3 is 6.03 Å². The Morgan fingerprint density at radius 3 is 2.14 bits per heavy atom. The van der Waals surface area contributed by atoms with Gasteiger partial charge in [-0.1, -0.05) is 19.9 Å². The molecular formula is C32H43N3O7. The number of phenolic OH excluding ortho intramolecular Hbond substituents is 1. The summed E-state index contributed by atoms with van der Waals surface area (Å²) in [6, 6.07) is 7.46. The van der Waals surface area contributed by atoms with Gasteiger partial charge in [0.05, 0.1) is 47.1 Å². The van der Waals surface area contributed by atoms with Crippen molar-refractivity contribution in [3.63, 3.8) is 0 Å². The maximum absolute atomic E-state index is 14.2. The molecule has 0 radical (unpaired) electrons. The highest BCUT2D eigenvalue weighted by molar-refractivity contribution is 5.83. The highest BCUT2D eigenvalue weighted by atomic mass is 16.5. The minimum absolute atomic E-state index is 0.00707. The molecule has 1 spiro atoms. The minimum Gasteiger partial charge on any atom is -0.504 e. The summed E-state index contributed by atoms with van der Waals surface area (Å²) in [6.45, 7) is 7.78. The van der Waals surface area contributed by atoms with E-state index in [1.165, 1.54) is 7.11 Å². The summed E-state index contributed by atoms with van der Waals surface area (Å²) in [5.41, 5.74) is 2.99. The number of rotatable bonds is 9. The van der Waals surface area contributed by atoms with Gasteiger partial charge in [0.15, 0.2) is 11.5 Å². The molecule has 10 heteroatoms. The summed E-state index contributed by atoms with van der Waals surface area (Å²) in [6.07, 6.45) is 3.77. The first kappa shape index (κ1) is 29.8. The zero-order chi connectivity index (χ0) is 30.2. The second-order valence-electron chi connectivity index (χ2n) is 11.8. The number of ether oxygens (including phenoxy) is 5.